The molecule has 4 heterocycles. The van der Waals surface area contributed by atoms with E-state index < -0.39 is 5.76 Å². The van der Waals surface area contributed by atoms with Crippen molar-refractivity contribution >= 4 is 33.8 Å². The number of hydrogen-bond acceptors (Lipinski definition) is 7. The molecule has 5 aromatic rings. The van der Waals surface area contributed by atoms with Crippen molar-refractivity contribution in [1.29, 1.82) is 0 Å². The van der Waals surface area contributed by atoms with Gasteiger partial charge in [0.2, 0.25) is 0 Å². The summed E-state index contributed by atoms with van der Waals surface area (Å²) in [7, 11) is 0. The van der Waals surface area contributed by atoms with Gasteiger partial charge in [0.15, 0.2) is 11.3 Å². The van der Waals surface area contributed by atoms with Crippen LogP contribution in [0, 0.1) is 6.92 Å². The van der Waals surface area contributed by atoms with E-state index in [2.05, 4.69) is 20.4 Å². The molecule has 138 valence electrons. The Hall–Kier alpha value is -4.14. The zero-order chi connectivity index (χ0) is 19.3. The zero-order valence-corrected chi connectivity index (χ0v) is 14.5. The number of amides is 1. The number of hydrogen-bond donors (Lipinski definition) is 2. The van der Waals surface area contributed by atoms with E-state index in [1.807, 2.05) is 0 Å². The van der Waals surface area contributed by atoms with Crippen LogP contribution in [0.25, 0.3) is 33.7 Å². The van der Waals surface area contributed by atoms with E-state index in [1.54, 1.807) is 43.3 Å². The Kier molecular flexibility index (Phi) is 3.41. The molecule has 0 fully saturated rings. The number of benzene rings is 1. The number of carbonyl (C=O) groups is 1. The fourth-order valence-corrected chi connectivity index (χ4v) is 3.05. The molecule has 28 heavy (non-hydrogen) atoms. The second kappa shape index (κ2) is 5.95. The SMILES string of the molecule is Cc1noc2nc(-c3ccco3)cc(C(=O)Nc3ccc4oc(=O)[nH]c4c3)c12. The van der Waals surface area contributed by atoms with E-state index >= 15 is 0 Å². The number of anilines is 1. The van der Waals surface area contributed by atoms with Gasteiger partial charge in [-0.1, -0.05) is 5.16 Å². The van der Waals surface area contributed by atoms with E-state index in [0.29, 0.717) is 44.9 Å². The summed E-state index contributed by atoms with van der Waals surface area (Å²) >= 11 is 0. The molecular formula is C19H12N4O5. The number of oxazole rings is 1. The van der Waals surface area contributed by atoms with Gasteiger partial charge in [-0.25, -0.2) is 9.78 Å². The molecule has 0 aliphatic heterocycles. The first-order chi connectivity index (χ1) is 13.6. The number of nitrogens with one attached hydrogen (secondary N) is 2. The Morgan fingerprint density at radius 1 is 1.21 bits per heavy atom. The number of furan rings is 1. The summed E-state index contributed by atoms with van der Waals surface area (Å²) in [4.78, 5) is 31.2. The quantitative estimate of drug-likeness (QED) is 0.493. The molecule has 0 bridgehead atoms. The maximum absolute atomic E-state index is 13.0. The Morgan fingerprint density at radius 3 is 2.93 bits per heavy atom. The van der Waals surface area contributed by atoms with Crippen LogP contribution in [0.2, 0.25) is 0 Å². The summed E-state index contributed by atoms with van der Waals surface area (Å²) in [6.07, 6.45) is 1.52. The Morgan fingerprint density at radius 2 is 2.11 bits per heavy atom. The highest BCUT2D eigenvalue weighted by Gasteiger charge is 2.20. The highest BCUT2D eigenvalue weighted by molar-refractivity contribution is 6.13. The lowest BCUT2D eigenvalue weighted by Crippen LogP contribution is -2.13. The van der Waals surface area contributed by atoms with Crippen molar-refractivity contribution in [2.24, 2.45) is 0 Å². The topological polar surface area (TPSA) is 127 Å². The number of aromatic amines is 1. The first kappa shape index (κ1) is 16.1. The molecule has 5 rings (SSSR count). The Bertz CT molecular complexity index is 1390. The van der Waals surface area contributed by atoms with Crippen LogP contribution < -0.4 is 11.1 Å². The number of fused-ring (bicyclic) bond motifs is 2. The third kappa shape index (κ3) is 2.57. The van der Waals surface area contributed by atoms with Crippen molar-refractivity contribution in [3.63, 3.8) is 0 Å². The molecule has 0 aliphatic carbocycles. The number of aromatic nitrogens is 3. The summed E-state index contributed by atoms with van der Waals surface area (Å²) in [5.74, 6) is -0.434. The van der Waals surface area contributed by atoms with Crippen LogP contribution in [0.15, 0.2) is 60.8 Å². The Labute approximate surface area is 156 Å². The van der Waals surface area contributed by atoms with Crippen molar-refractivity contribution < 1.29 is 18.2 Å². The van der Waals surface area contributed by atoms with Gasteiger partial charge in [0, 0.05) is 5.69 Å². The fourth-order valence-electron chi connectivity index (χ4n) is 3.05. The standard InChI is InChI=1S/C19H12N4O5/c1-9-16-11(8-13(14-3-2-6-26-14)21-18(16)28-23-9)17(24)20-10-4-5-15-12(7-10)22-19(25)27-15/h2-8H,1H3,(H,20,24)(H,22,25). The van der Waals surface area contributed by atoms with Gasteiger partial charge >= 0.3 is 5.76 Å². The van der Waals surface area contributed by atoms with Crippen LogP contribution in [-0.4, -0.2) is 21.0 Å². The average molecular weight is 376 g/mol. The fraction of sp³-hybridized carbons (Fsp3) is 0.0526. The summed E-state index contributed by atoms with van der Waals surface area (Å²) in [5.41, 5.74) is 2.97. The van der Waals surface area contributed by atoms with E-state index in [-0.39, 0.29) is 11.6 Å². The van der Waals surface area contributed by atoms with Crippen molar-refractivity contribution in [1.82, 2.24) is 15.1 Å². The van der Waals surface area contributed by atoms with Crippen molar-refractivity contribution in [2.45, 2.75) is 6.92 Å². The van der Waals surface area contributed by atoms with E-state index in [0.717, 1.165) is 0 Å². The second-order valence-electron chi connectivity index (χ2n) is 6.16. The van der Waals surface area contributed by atoms with Crippen LogP contribution in [0.4, 0.5) is 5.69 Å². The third-order valence-electron chi connectivity index (χ3n) is 4.31. The molecule has 0 aliphatic rings. The molecule has 1 amide bonds. The molecule has 0 spiro atoms. The lowest BCUT2D eigenvalue weighted by Gasteiger charge is -2.07. The number of H-pyrrole nitrogens is 1. The van der Waals surface area contributed by atoms with Gasteiger partial charge in [0.25, 0.3) is 11.6 Å². The molecule has 9 nitrogen and oxygen atoms in total. The maximum atomic E-state index is 13.0. The zero-order valence-electron chi connectivity index (χ0n) is 14.5. The van der Waals surface area contributed by atoms with Crippen molar-refractivity contribution in [3.05, 3.63) is 64.5 Å². The first-order valence-electron chi connectivity index (χ1n) is 8.33. The van der Waals surface area contributed by atoms with E-state index in [9.17, 15) is 9.59 Å². The molecule has 0 atom stereocenters. The molecule has 0 saturated heterocycles. The van der Waals surface area contributed by atoms with Gasteiger partial charge in [-0.15, -0.1) is 0 Å². The average Bonchev–Trinajstić information content (AvgIpc) is 3.40. The molecular weight excluding hydrogens is 364 g/mol. The minimum Gasteiger partial charge on any atom is -0.463 e. The minimum absolute atomic E-state index is 0.242. The van der Waals surface area contributed by atoms with Crippen LogP contribution in [-0.2, 0) is 0 Å². The molecule has 0 unspecified atom stereocenters. The molecule has 9 heteroatoms. The normalized spacial score (nSPS) is 11.3. The second-order valence-corrected chi connectivity index (χ2v) is 6.16. The highest BCUT2D eigenvalue weighted by atomic mass is 16.5. The summed E-state index contributed by atoms with van der Waals surface area (Å²) in [5, 5.41) is 7.24. The number of carbonyl (C=O) groups excluding carboxylic acids is 1. The number of nitrogens with zero attached hydrogens (tertiary/aromatic N) is 2. The van der Waals surface area contributed by atoms with Crippen LogP contribution >= 0.6 is 0 Å². The van der Waals surface area contributed by atoms with Crippen LogP contribution in [0.3, 0.4) is 0 Å². The molecule has 1 aromatic carbocycles. The molecule has 0 saturated carbocycles. The number of aryl methyl sites for hydroxylation is 1. The van der Waals surface area contributed by atoms with Gasteiger partial charge < -0.3 is 18.7 Å². The maximum Gasteiger partial charge on any atom is 0.417 e. The van der Waals surface area contributed by atoms with E-state index in [1.165, 1.54) is 6.26 Å². The van der Waals surface area contributed by atoms with Gasteiger partial charge in [-0.05, 0) is 43.3 Å². The van der Waals surface area contributed by atoms with Crippen LogP contribution in [0.5, 0.6) is 0 Å². The van der Waals surface area contributed by atoms with E-state index in [4.69, 9.17) is 13.4 Å². The number of pyridine rings is 1. The summed E-state index contributed by atoms with van der Waals surface area (Å²) in [6.45, 7) is 1.74. The highest BCUT2D eigenvalue weighted by Crippen LogP contribution is 2.28. The molecule has 0 radical (unpaired) electrons. The summed E-state index contributed by atoms with van der Waals surface area (Å²) < 4.78 is 15.6. The monoisotopic (exact) mass is 376 g/mol. The van der Waals surface area contributed by atoms with Gasteiger partial charge in [0.05, 0.1) is 28.4 Å². The van der Waals surface area contributed by atoms with Gasteiger partial charge in [-0.3, -0.25) is 9.78 Å². The number of rotatable bonds is 3. The Balaban J connectivity index is 1.59. The van der Waals surface area contributed by atoms with Crippen molar-refractivity contribution in [3.8, 4) is 11.5 Å². The molecule has 4 aromatic heterocycles. The lowest BCUT2D eigenvalue weighted by molar-refractivity contribution is 0.102. The predicted molar refractivity (Wildman–Crippen MR) is 99.0 cm³/mol. The lowest BCUT2D eigenvalue weighted by atomic mass is 10.1. The minimum atomic E-state index is -0.558. The molecule has 2 N–H and O–H groups in total. The smallest absolute Gasteiger partial charge is 0.417 e. The van der Waals surface area contributed by atoms with Crippen LogP contribution in [0.1, 0.15) is 16.1 Å². The summed E-state index contributed by atoms with van der Waals surface area (Å²) in [6, 6.07) is 9.95. The largest absolute Gasteiger partial charge is 0.463 e. The predicted octanol–water partition coefficient (Wildman–Crippen LogP) is 3.48. The van der Waals surface area contributed by atoms with Gasteiger partial charge in [-0.2, -0.15) is 0 Å². The third-order valence-corrected chi connectivity index (χ3v) is 4.31. The van der Waals surface area contributed by atoms with Gasteiger partial charge in [0.1, 0.15) is 5.69 Å². The first-order valence-corrected chi connectivity index (χ1v) is 8.33. The van der Waals surface area contributed by atoms with Crippen molar-refractivity contribution in [2.75, 3.05) is 5.32 Å².